The van der Waals surface area contributed by atoms with Gasteiger partial charge in [-0.3, -0.25) is 0 Å². The predicted octanol–water partition coefficient (Wildman–Crippen LogP) is 1.66. The van der Waals surface area contributed by atoms with Crippen molar-refractivity contribution < 1.29 is 17.5 Å². The predicted molar refractivity (Wildman–Crippen MR) is 106 cm³/mol. The van der Waals surface area contributed by atoms with Crippen LogP contribution in [0.25, 0.3) is 11.3 Å². The van der Waals surface area contributed by atoms with Gasteiger partial charge in [-0.25, -0.2) is 27.8 Å². The lowest BCUT2D eigenvalue weighted by Crippen LogP contribution is -2.38. The molecule has 1 aliphatic heterocycles. The molecule has 2 aromatic heterocycles. The second-order valence-electron chi connectivity index (χ2n) is 7.87. The summed E-state index contributed by atoms with van der Waals surface area (Å²) in [5.41, 5.74) is 6.52. The largest absolute Gasteiger partial charge is 0.384 e. The number of pyridine rings is 1. The van der Waals surface area contributed by atoms with Crippen LogP contribution >= 0.6 is 0 Å². The maximum absolute atomic E-state index is 14.6. The van der Waals surface area contributed by atoms with E-state index in [0.717, 1.165) is 6.07 Å². The van der Waals surface area contributed by atoms with E-state index in [9.17, 15) is 12.8 Å². The molecule has 154 valence electrons. The van der Waals surface area contributed by atoms with Crippen molar-refractivity contribution in [1.82, 2.24) is 15.0 Å². The Morgan fingerprint density at radius 3 is 2.52 bits per heavy atom. The number of morpholine rings is 1. The highest BCUT2D eigenvalue weighted by Gasteiger charge is 2.61. The van der Waals surface area contributed by atoms with Crippen LogP contribution in [0.3, 0.4) is 0 Å². The van der Waals surface area contributed by atoms with E-state index in [2.05, 4.69) is 15.0 Å². The van der Waals surface area contributed by atoms with E-state index in [1.54, 1.807) is 6.07 Å². The minimum absolute atomic E-state index is 0.0731. The molecule has 3 aliphatic rings. The number of hydrogen-bond acceptors (Lipinski definition) is 8. The zero-order valence-electron chi connectivity index (χ0n) is 15.8. The molecule has 5 rings (SSSR count). The zero-order chi connectivity index (χ0) is 20.2. The summed E-state index contributed by atoms with van der Waals surface area (Å²) >= 11 is 0. The summed E-state index contributed by atoms with van der Waals surface area (Å²) < 4.78 is 45.3. The van der Waals surface area contributed by atoms with E-state index < -0.39 is 20.4 Å². The number of hydrogen-bond donors (Lipinski definition) is 1. The molecule has 0 unspecified atom stereocenters. The molecule has 0 aromatic carbocycles. The Bertz CT molecular complexity index is 1060. The zero-order valence-corrected chi connectivity index (χ0v) is 16.7. The molecule has 0 radical (unpaired) electrons. The van der Waals surface area contributed by atoms with E-state index >= 15 is 0 Å². The number of nitrogens with two attached hydrogens (primary N) is 1. The van der Waals surface area contributed by atoms with Crippen molar-refractivity contribution in [2.75, 3.05) is 36.9 Å². The standard InChI is InChI=1S/C19H22FN5O3S/c20-14-9-17(21)22-11-13(14)15-10-16(19(3-4-19)29(26,27)12-1-2-12)24-18(23-15)25-5-7-28-8-6-25/h9-12H,1-8H2,(H2,21,22). The van der Waals surface area contributed by atoms with Gasteiger partial charge in [-0.15, -0.1) is 0 Å². The van der Waals surface area contributed by atoms with Crippen LogP contribution in [0.5, 0.6) is 0 Å². The summed E-state index contributed by atoms with van der Waals surface area (Å²) in [4.78, 5) is 15.1. The average molecular weight is 419 g/mol. The van der Waals surface area contributed by atoms with Crippen molar-refractivity contribution in [3.63, 3.8) is 0 Å². The Labute approximate surface area is 168 Å². The van der Waals surface area contributed by atoms with Gasteiger partial charge in [-0.1, -0.05) is 0 Å². The highest BCUT2D eigenvalue weighted by atomic mass is 32.2. The van der Waals surface area contributed by atoms with E-state index in [1.807, 2.05) is 4.90 Å². The van der Waals surface area contributed by atoms with Crippen molar-refractivity contribution in [1.29, 1.82) is 0 Å². The summed E-state index contributed by atoms with van der Waals surface area (Å²) in [6, 6.07) is 2.74. The van der Waals surface area contributed by atoms with Crippen LogP contribution in [-0.4, -0.2) is 54.9 Å². The van der Waals surface area contributed by atoms with E-state index in [1.165, 1.54) is 6.20 Å². The van der Waals surface area contributed by atoms with Gasteiger partial charge in [0.25, 0.3) is 0 Å². The third kappa shape index (κ3) is 3.14. The molecular weight excluding hydrogens is 397 g/mol. The van der Waals surface area contributed by atoms with Gasteiger partial charge in [-0.05, 0) is 31.7 Å². The lowest BCUT2D eigenvalue weighted by molar-refractivity contribution is 0.122. The highest BCUT2D eigenvalue weighted by Crippen LogP contribution is 2.57. The van der Waals surface area contributed by atoms with Crippen LogP contribution in [0.2, 0.25) is 0 Å². The molecule has 0 spiro atoms. The van der Waals surface area contributed by atoms with Gasteiger partial charge < -0.3 is 15.4 Å². The van der Waals surface area contributed by atoms with Gasteiger partial charge in [0.15, 0.2) is 9.84 Å². The maximum Gasteiger partial charge on any atom is 0.226 e. The molecule has 0 bridgehead atoms. The number of sulfone groups is 1. The molecule has 10 heteroatoms. The van der Waals surface area contributed by atoms with Crippen molar-refractivity contribution >= 4 is 21.6 Å². The summed E-state index contributed by atoms with van der Waals surface area (Å²) in [7, 11) is -3.33. The molecule has 3 fully saturated rings. The first kappa shape index (κ1) is 18.7. The third-order valence-electron chi connectivity index (χ3n) is 5.84. The first-order valence-corrected chi connectivity index (χ1v) is 11.3. The molecule has 2 aliphatic carbocycles. The number of ether oxygens (including phenoxy) is 1. The molecule has 0 atom stereocenters. The summed E-state index contributed by atoms with van der Waals surface area (Å²) in [5.74, 6) is -0.0804. The molecule has 2 N–H and O–H groups in total. The number of aromatic nitrogens is 3. The van der Waals surface area contributed by atoms with Crippen LogP contribution in [0.4, 0.5) is 16.2 Å². The smallest absolute Gasteiger partial charge is 0.226 e. The number of nitrogens with zero attached hydrogens (tertiary/aromatic N) is 4. The lowest BCUT2D eigenvalue weighted by Gasteiger charge is -2.28. The van der Waals surface area contributed by atoms with Crippen molar-refractivity contribution in [2.24, 2.45) is 0 Å². The molecule has 2 saturated carbocycles. The van der Waals surface area contributed by atoms with Gasteiger partial charge >= 0.3 is 0 Å². The van der Waals surface area contributed by atoms with Gasteiger partial charge in [0.2, 0.25) is 5.95 Å². The molecule has 29 heavy (non-hydrogen) atoms. The van der Waals surface area contributed by atoms with Gasteiger partial charge in [0, 0.05) is 25.4 Å². The fraction of sp³-hybridized carbons (Fsp3) is 0.526. The Morgan fingerprint density at radius 2 is 1.90 bits per heavy atom. The van der Waals surface area contributed by atoms with Crippen LogP contribution in [0, 0.1) is 5.82 Å². The number of halogens is 1. The maximum atomic E-state index is 14.6. The molecule has 3 heterocycles. The number of anilines is 2. The van der Waals surface area contributed by atoms with Gasteiger partial charge in [0.05, 0.1) is 35.4 Å². The molecule has 0 amide bonds. The summed E-state index contributed by atoms with van der Waals surface area (Å²) in [5, 5.41) is -0.287. The van der Waals surface area contributed by atoms with E-state index in [-0.39, 0.29) is 16.6 Å². The SMILES string of the molecule is Nc1cc(F)c(-c2cc(C3(S(=O)(=O)C4CC4)CC3)nc(N3CCOCC3)n2)cn1. The molecular formula is C19H22FN5O3S. The topological polar surface area (TPSA) is 111 Å². The Morgan fingerprint density at radius 1 is 1.17 bits per heavy atom. The third-order valence-corrected chi connectivity index (χ3v) is 8.89. The normalized spacial score (nSPS) is 21.2. The first-order chi connectivity index (χ1) is 13.9. The molecule has 2 aromatic rings. The highest BCUT2D eigenvalue weighted by molar-refractivity contribution is 7.93. The lowest BCUT2D eigenvalue weighted by atomic mass is 10.1. The van der Waals surface area contributed by atoms with Crippen LogP contribution in [-0.2, 0) is 19.3 Å². The monoisotopic (exact) mass is 419 g/mol. The molecule has 8 nitrogen and oxygen atoms in total. The Kier molecular flexibility index (Phi) is 4.25. The summed E-state index contributed by atoms with van der Waals surface area (Å²) in [6.45, 7) is 2.25. The Balaban J connectivity index is 1.64. The van der Waals surface area contributed by atoms with Crippen LogP contribution < -0.4 is 10.6 Å². The number of rotatable bonds is 5. The minimum atomic E-state index is -3.33. The first-order valence-electron chi connectivity index (χ1n) is 9.78. The molecule has 1 saturated heterocycles. The van der Waals surface area contributed by atoms with Crippen molar-refractivity contribution in [2.45, 2.75) is 35.7 Å². The Hall–Kier alpha value is -2.33. The van der Waals surface area contributed by atoms with Crippen LogP contribution in [0.15, 0.2) is 18.3 Å². The van der Waals surface area contributed by atoms with Crippen LogP contribution in [0.1, 0.15) is 31.4 Å². The fourth-order valence-electron chi connectivity index (χ4n) is 3.84. The quantitative estimate of drug-likeness (QED) is 0.779. The van der Waals surface area contributed by atoms with Gasteiger partial charge in [0.1, 0.15) is 16.4 Å². The average Bonchev–Trinajstić information content (AvgIpc) is 3.61. The van der Waals surface area contributed by atoms with E-state index in [0.29, 0.717) is 69.3 Å². The van der Waals surface area contributed by atoms with E-state index in [4.69, 9.17) is 10.5 Å². The van der Waals surface area contributed by atoms with Crippen molar-refractivity contribution in [3.05, 3.63) is 29.8 Å². The van der Waals surface area contributed by atoms with Crippen molar-refractivity contribution in [3.8, 4) is 11.3 Å². The second kappa shape index (κ2) is 6.60. The number of nitrogen functional groups attached to an aromatic ring is 1. The summed E-state index contributed by atoms with van der Waals surface area (Å²) in [6.07, 6.45) is 3.80. The second-order valence-corrected chi connectivity index (χ2v) is 10.4. The minimum Gasteiger partial charge on any atom is -0.384 e. The fourth-order valence-corrected chi connectivity index (χ4v) is 6.30. The van der Waals surface area contributed by atoms with Gasteiger partial charge in [-0.2, -0.15) is 0 Å².